The lowest BCUT2D eigenvalue weighted by molar-refractivity contribution is -0.137. The quantitative estimate of drug-likeness (QED) is 0.909. The zero-order valence-corrected chi connectivity index (χ0v) is 10.5. The van der Waals surface area contributed by atoms with E-state index in [1.54, 1.807) is 4.57 Å². The molecule has 0 fully saturated rings. The number of rotatable bonds is 3. The van der Waals surface area contributed by atoms with Crippen LogP contribution < -0.4 is 4.87 Å². The predicted octanol–water partition coefficient (Wildman–Crippen LogP) is 2.15. The molecule has 1 aromatic carbocycles. The monoisotopic (exact) mass is 251 g/mol. The fourth-order valence-corrected chi connectivity index (χ4v) is 2.94. The lowest BCUT2D eigenvalue weighted by Crippen LogP contribution is -2.15. The van der Waals surface area contributed by atoms with Crippen LogP contribution in [0.15, 0.2) is 16.9 Å². The standard InChI is InChI=1S/C12H13NO3S/c1-7-3-4-8(2)11-10(7)13(12(16)17-11)6-5-9(14)15/h3-4H,5-6H2,1-2H3,(H,14,15). The zero-order valence-electron chi connectivity index (χ0n) is 9.69. The van der Waals surface area contributed by atoms with Gasteiger partial charge in [0.05, 0.1) is 16.6 Å². The molecule has 1 N–H and O–H groups in total. The van der Waals surface area contributed by atoms with Crippen LogP contribution in [0.4, 0.5) is 0 Å². The van der Waals surface area contributed by atoms with Crippen LogP contribution in [0.2, 0.25) is 0 Å². The van der Waals surface area contributed by atoms with Gasteiger partial charge in [-0.2, -0.15) is 0 Å². The van der Waals surface area contributed by atoms with E-state index in [-0.39, 0.29) is 17.8 Å². The normalized spacial score (nSPS) is 10.9. The Kier molecular flexibility index (Phi) is 3.02. The summed E-state index contributed by atoms with van der Waals surface area (Å²) in [5, 5.41) is 8.69. The summed E-state index contributed by atoms with van der Waals surface area (Å²) < 4.78 is 2.52. The number of nitrogens with zero attached hydrogens (tertiary/aromatic N) is 1. The number of thiazole rings is 1. The zero-order chi connectivity index (χ0) is 12.6. The van der Waals surface area contributed by atoms with Crippen molar-refractivity contribution in [3.8, 4) is 0 Å². The number of hydrogen-bond donors (Lipinski definition) is 1. The van der Waals surface area contributed by atoms with Crippen LogP contribution >= 0.6 is 11.3 Å². The second-order valence-electron chi connectivity index (χ2n) is 4.04. The summed E-state index contributed by atoms with van der Waals surface area (Å²) in [6.45, 7) is 4.13. The van der Waals surface area contributed by atoms with Gasteiger partial charge in [-0.3, -0.25) is 14.2 Å². The van der Waals surface area contributed by atoms with E-state index in [1.807, 2.05) is 26.0 Å². The van der Waals surface area contributed by atoms with Crippen molar-refractivity contribution in [1.29, 1.82) is 0 Å². The van der Waals surface area contributed by atoms with Crippen LogP contribution in [0.3, 0.4) is 0 Å². The van der Waals surface area contributed by atoms with Gasteiger partial charge in [0, 0.05) is 6.54 Å². The Hall–Kier alpha value is -1.62. The number of hydrogen-bond acceptors (Lipinski definition) is 3. The molecule has 1 heterocycles. The highest BCUT2D eigenvalue weighted by atomic mass is 32.1. The van der Waals surface area contributed by atoms with Gasteiger partial charge in [-0.15, -0.1) is 0 Å². The largest absolute Gasteiger partial charge is 0.481 e. The number of carboxylic acids is 1. The van der Waals surface area contributed by atoms with Crippen molar-refractivity contribution in [2.45, 2.75) is 26.8 Å². The van der Waals surface area contributed by atoms with Gasteiger partial charge in [-0.1, -0.05) is 23.5 Å². The number of aliphatic carboxylic acids is 1. The van der Waals surface area contributed by atoms with Gasteiger partial charge in [0.25, 0.3) is 0 Å². The van der Waals surface area contributed by atoms with Crippen LogP contribution in [-0.2, 0) is 11.3 Å². The van der Waals surface area contributed by atoms with Gasteiger partial charge in [-0.05, 0) is 25.0 Å². The van der Waals surface area contributed by atoms with Gasteiger partial charge in [-0.25, -0.2) is 0 Å². The van der Waals surface area contributed by atoms with Gasteiger partial charge < -0.3 is 5.11 Å². The smallest absolute Gasteiger partial charge is 0.308 e. The van der Waals surface area contributed by atoms with E-state index >= 15 is 0 Å². The minimum absolute atomic E-state index is 0.0286. The molecule has 5 heteroatoms. The molecule has 90 valence electrons. The van der Waals surface area contributed by atoms with Gasteiger partial charge in [0.15, 0.2) is 0 Å². The lowest BCUT2D eigenvalue weighted by atomic mass is 10.1. The molecular weight excluding hydrogens is 238 g/mol. The fourth-order valence-electron chi connectivity index (χ4n) is 1.88. The summed E-state index contributed by atoms with van der Waals surface area (Å²) in [6.07, 6.45) is -0.0286. The van der Waals surface area contributed by atoms with Crippen molar-refractivity contribution in [2.24, 2.45) is 0 Å². The highest BCUT2D eigenvalue weighted by molar-refractivity contribution is 7.16. The molecule has 4 nitrogen and oxygen atoms in total. The van der Waals surface area contributed by atoms with Crippen LogP contribution in [0, 0.1) is 13.8 Å². The van der Waals surface area contributed by atoms with Gasteiger partial charge >= 0.3 is 10.8 Å². The average molecular weight is 251 g/mol. The second-order valence-corrected chi connectivity index (χ2v) is 5.00. The Balaban J connectivity index is 2.62. The summed E-state index contributed by atoms with van der Waals surface area (Å²) in [6, 6.07) is 3.94. The molecule has 0 aliphatic carbocycles. The maximum Gasteiger partial charge on any atom is 0.308 e. The minimum Gasteiger partial charge on any atom is -0.481 e. The molecule has 0 bridgehead atoms. The lowest BCUT2D eigenvalue weighted by Gasteiger charge is -2.05. The molecule has 0 aliphatic heterocycles. The molecule has 0 atom stereocenters. The highest BCUT2D eigenvalue weighted by Gasteiger charge is 2.12. The van der Waals surface area contributed by atoms with Crippen molar-refractivity contribution in [1.82, 2.24) is 4.57 Å². The number of benzene rings is 1. The molecule has 0 saturated heterocycles. The number of carbonyl (C=O) groups is 1. The van der Waals surface area contributed by atoms with E-state index in [0.29, 0.717) is 0 Å². The Morgan fingerprint density at radius 2 is 2.00 bits per heavy atom. The Morgan fingerprint density at radius 1 is 1.35 bits per heavy atom. The molecule has 0 saturated carbocycles. The Labute approximate surface area is 102 Å². The second kappa shape index (κ2) is 4.33. The first kappa shape index (κ1) is 11.9. The van der Waals surface area contributed by atoms with E-state index in [2.05, 4.69) is 0 Å². The molecule has 17 heavy (non-hydrogen) atoms. The first-order valence-electron chi connectivity index (χ1n) is 5.32. The number of carboxylic acid groups (broad SMARTS) is 1. The highest BCUT2D eigenvalue weighted by Crippen LogP contribution is 2.24. The van der Waals surface area contributed by atoms with E-state index < -0.39 is 5.97 Å². The summed E-state index contributed by atoms with van der Waals surface area (Å²) in [5.74, 6) is -0.887. The molecule has 0 aliphatic rings. The van der Waals surface area contributed by atoms with Crippen molar-refractivity contribution in [3.63, 3.8) is 0 Å². The summed E-state index contributed by atoms with van der Waals surface area (Å²) in [7, 11) is 0. The van der Waals surface area contributed by atoms with Crippen molar-refractivity contribution in [2.75, 3.05) is 0 Å². The van der Waals surface area contributed by atoms with Crippen LogP contribution in [0.1, 0.15) is 17.5 Å². The van der Waals surface area contributed by atoms with E-state index in [0.717, 1.165) is 21.3 Å². The van der Waals surface area contributed by atoms with Crippen LogP contribution in [0.25, 0.3) is 10.2 Å². The average Bonchev–Trinajstić information content (AvgIpc) is 2.59. The molecule has 0 spiro atoms. The summed E-state index contributed by atoms with van der Waals surface area (Å²) in [4.78, 5) is 22.3. The number of aryl methyl sites for hydroxylation is 3. The molecule has 2 rings (SSSR count). The maximum atomic E-state index is 11.8. The van der Waals surface area contributed by atoms with E-state index in [9.17, 15) is 9.59 Å². The van der Waals surface area contributed by atoms with Gasteiger partial charge in [0.2, 0.25) is 0 Å². The van der Waals surface area contributed by atoms with Crippen molar-refractivity contribution >= 4 is 27.5 Å². The van der Waals surface area contributed by atoms with Crippen LogP contribution in [0.5, 0.6) is 0 Å². The molecular formula is C12H13NO3S. The first-order valence-corrected chi connectivity index (χ1v) is 6.13. The first-order chi connectivity index (χ1) is 8.00. The summed E-state index contributed by atoms with van der Waals surface area (Å²) in [5.41, 5.74) is 2.94. The van der Waals surface area contributed by atoms with E-state index in [4.69, 9.17) is 5.11 Å². The van der Waals surface area contributed by atoms with Crippen molar-refractivity contribution < 1.29 is 9.90 Å². The maximum absolute atomic E-state index is 11.8. The molecule has 2 aromatic rings. The van der Waals surface area contributed by atoms with Crippen molar-refractivity contribution in [3.05, 3.63) is 32.9 Å². The van der Waals surface area contributed by atoms with Crippen LogP contribution in [-0.4, -0.2) is 15.6 Å². The Morgan fingerprint density at radius 3 is 2.65 bits per heavy atom. The molecule has 0 amide bonds. The predicted molar refractivity (Wildman–Crippen MR) is 67.8 cm³/mol. The Bertz CT molecular complexity index is 639. The SMILES string of the molecule is Cc1ccc(C)c2c1sc(=O)n2CCC(=O)O. The third-order valence-electron chi connectivity index (χ3n) is 2.76. The fraction of sp³-hybridized carbons (Fsp3) is 0.333. The molecule has 0 radical (unpaired) electrons. The summed E-state index contributed by atoms with van der Waals surface area (Å²) >= 11 is 1.19. The van der Waals surface area contributed by atoms with E-state index in [1.165, 1.54) is 11.3 Å². The third-order valence-corrected chi connectivity index (χ3v) is 3.87. The topological polar surface area (TPSA) is 59.3 Å². The van der Waals surface area contributed by atoms with Gasteiger partial charge in [0.1, 0.15) is 0 Å². The molecule has 1 aromatic heterocycles. The number of fused-ring (bicyclic) bond motifs is 1. The third kappa shape index (κ3) is 2.10. The number of aromatic nitrogens is 1. The molecule has 0 unspecified atom stereocenters. The minimum atomic E-state index is -0.887.